The summed E-state index contributed by atoms with van der Waals surface area (Å²) in [6, 6.07) is 34.3. The van der Waals surface area contributed by atoms with E-state index in [-0.39, 0.29) is 0 Å². The summed E-state index contributed by atoms with van der Waals surface area (Å²) in [5.74, 6) is 2.49. The molecule has 0 radical (unpaired) electrons. The Labute approximate surface area is 205 Å². The Balaban J connectivity index is 1.38. The average Bonchev–Trinajstić information content (AvgIpc) is 3.26. The van der Waals surface area contributed by atoms with Gasteiger partial charge >= 0.3 is 0 Å². The van der Waals surface area contributed by atoms with E-state index in [1.165, 1.54) is 20.2 Å². The lowest BCUT2D eigenvalue weighted by Gasteiger charge is -2.34. The van der Waals surface area contributed by atoms with Gasteiger partial charge in [0.2, 0.25) is 0 Å². The highest BCUT2D eigenvalue weighted by molar-refractivity contribution is 7.86. The van der Waals surface area contributed by atoms with Crippen LogP contribution < -0.4 is 25.4 Å². The lowest BCUT2D eigenvalue weighted by molar-refractivity contribution is 0.462. The molecule has 6 aromatic rings. The normalized spacial score (nSPS) is 14.5. The molecule has 0 amide bonds. The summed E-state index contributed by atoms with van der Waals surface area (Å²) in [4.78, 5) is 0. The molecule has 0 spiro atoms. The smallest absolute Gasteiger partial charge is 0.185 e. The Morgan fingerprint density at radius 1 is 0.543 bits per heavy atom. The van der Waals surface area contributed by atoms with Crippen molar-refractivity contribution >= 4 is 54.6 Å². The fourth-order valence-corrected chi connectivity index (χ4v) is 9.52. The average molecular weight is 489 g/mol. The Hall–Kier alpha value is -3.85. The molecule has 0 bridgehead atoms. The number of hydrogen-bond donors (Lipinski definition) is 0. The molecule has 0 aliphatic carbocycles. The van der Waals surface area contributed by atoms with Gasteiger partial charge in [-0.1, -0.05) is 54.6 Å². The highest BCUT2D eigenvalue weighted by Crippen LogP contribution is 2.58. The van der Waals surface area contributed by atoms with Crippen LogP contribution >= 0.6 is 18.5 Å². The standard InChI is InChI=1S/C30H17O3PS/c31-34-26-10-4-2-8-22(26)32-24-15-19(16-25(30(24)34)33-23-9-3-5-11-27(23)34)18-13-14-21-20-7-1-6-12-28(20)35-29(21)17-18/h1-17H. The summed E-state index contributed by atoms with van der Waals surface area (Å²) in [7, 11) is -3.13. The number of ether oxygens (including phenoxy) is 2. The van der Waals surface area contributed by atoms with Gasteiger partial charge in [0.05, 0.1) is 10.6 Å². The molecule has 0 saturated carbocycles. The number of benzene rings is 5. The van der Waals surface area contributed by atoms with Crippen LogP contribution in [0.3, 0.4) is 0 Å². The summed E-state index contributed by atoms with van der Waals surface area (Å²) in [6.45, 7) is 0. The van der Waals surface area contributed by atoms with E-state index < -0.39 is 7.14 Å². The van der Waals surface area contributed by atoms with Crippen molar-refractivity contribution in [3.63, 3.8) is 0 Å². The van der Waals surface area contributed by atoms with Gasteiger partial charge in [-0.25, -0.2) is 0 Å². The zero-order valence-corrected chi connectivity index (χ0v) is 20.1. The van der Waals surface area contributed by atoms with E-state index in [9.17, 15) is 4.57 Å². The maximum absolute atomic E-state index is 14.9. The summed E-state index contributed by atoms with van der Waals surface area (Å²) in [5.41, 5.74) is 2.05. The van der Waals surface area contributed by atoms with Crippen LogP contribution in [0.15, 0.2) is 103 Å². The molecular formula is C30H17O3PS. The summed E-state index contributed by atoms with van der Waals surface area (Å²) >= 11 is 1.79. The molecule has 3 nitrogen and oxygen atoms in total. The molecule has 5 heteroatoms. The molecule has 0 unspecified atom stereocenters. The van der Waals surface area contributed by atoms with Gasteiger partial charge in [0.25, 0.3) is 0 Å². The highest BCUT2D eigenvalue weighted by Gasteiger charge is 2.46. The van der Waals surface area contributed by atoms with Gasteiger partial charge in [-0.3, -0.25) is 0 Å². The second kappa shape index (κ2) is 6.85. The van der Waals surface area contributed by atoms with Crippen LogP contribution in [-0.4, -0.2) is 0 Å². The minimum Gasteiger partial charge on any atom is -0.456 e. The third-order valence-corrected chi connectivity index (χ3v) is 11.2. The molecule has 0 atom stereocenters. The molecule has 8 rings (SSSR count). The van der Waals surface area contributed by atoms with Gasteiger partial charge in [-0.2, -0.15) is 0 Å². The van der Waals surface area contributed by atoms with E-state index in [1.807, 2.05) is 60.7 Å². The fourth-order valence-electron chi connectivity index (χ4n) is 5.34. The predicted octanol–water partition coefficient (Wildman–Crippen LogP) is 7.57. The number of thiophene rings is 1. The Morgan fingerprint density at radius 3 is 1.86 bits per heavy atom. The number of rotatable bonds is 1. The van der Waals surface area contributed by atoms with Crippen molar-refractivity contribution in [2.24, 2.45) is 0 Å². The van der Waals surface area contributed by atoms with Crippen molar-refractivity contribution < 1.29 is 14.0 Å². The van der Waals surface area contributed by atoms with E-state index >= 15 is 0 Å². The molecule has 0 fully saturated rings. The quantitative estimate of drug-likeness (QED) is 0.224. The summed E-state index contributed by atoms with van der Waals surface area (Å²) in [5, 5.41) is 4.64. The molecule has 5 aromatic carbocycles. The second-order valence-electron chi connectivity index (χ2n) is 8.88. The van der Waals surface area contributed by atoms with Crippen LogP contribution in [0.1, 0.15) is 0 Å². The molecule has 2 aliphatic heterocycles. The van der Waals surface area contributed by atoms with E-state index in [0.717, 1.165) is 21.7 Å². The first-order chi connectivity index (χ1) is 17.2. The minimum absolute atomic E-state index is 0.602. The monoisotopic (exact) mass is 488 g/mol. The zero-order valence-electron chi connectivity index (χ0n) is 18.4. The van der Waals surface area contributed by atoms with Gasteiger partial charge < -0.3 is 14.0 Å². The van der Waals surface area contributed by atoms with Gasteiger partial charge in [0.1, 0.15) is 28.3 Å². The van der Waals surface area contributed by atoms with Crippen LogP contribution in [0.5, 0.6) is 23.0 Å². The maximum atomic E-state index is 14.9. The molecule has 0 N–H and O–H groups in total. The summed E-state index contributed by atoms with van der Waals surface area (Å²) in [6.07, 6.45) is 0. The molecule has 166 valence electrons. The Morgan fingerprint density at radius 2 is 1.14 bits per heavy atom. The predicted molar refractivity (Wildman–Crippen MR) is 144 cm³/mol. The first kappa shape index (κ1) is 19.5. The third kappa shape index (κ3) is 2.58. The van der Waals surface area contributed by atoms with Crippen molar-refractivity contribution in [3.8, 4) is 34.1 Å². The van der Waals surface area contributed by atoms with E-state index in [0.29, 0.717) is 28.3 Å². The lowest BCUT2D eigenvalue weighted by Crippen LogP contribution is -2.35. The molecule has 35 heavy (non-hydrogen) atoms. The number of hydrogen-bond acceptors (Lipinski definition) is 4. The van der Waals surface area contributed by atoms with E-state index in [1.54, 1.807) is 11.3 Å². The molecule has 2 aliphatic rings. The van der Waals surface area contributed by atoms with Crippen molar-refractivity contribution in [1.82, 2.24) is 0 Å². The third-order valence-electron chi connectivity index (χ3n) is 6.92. The van der Waals surface area contributed by atoms with Gasteiger partial charge in [0.15, 0.2) is 7.14 Å². The molecular weight excluding hydrogens is 471 g/mol. The number of para-hydroxylation sites is 2. The molecule has 1 aromatic heterocycles. The number of fused-ring (bicyclic) bond motifs is 7. The minimum atomic E-state index is -3.13. The van der Waals surface area contributed by atoms with Gasteiger partial charge in [-0.05, 0) is 59.7 Å². The van der Waals surface area contributed by atoms with Crippen LogP contribution in [0.4, 0.5) is 0 Å². The van der Waals surface area contributed by atoms with E-state index in [4.69, 9.17) is 9.47 Å². The topological polar surface area (TPSA) is 35.5 Å². The van der Waals surface area contributed by atoms with Crippen molar-refractivity contribution in [2.75, 3.05) is 0 Å². The van der Waals surface area contributed by atoms with Crippen molar-refractivity contribution in [2.45, 2.75) is 0 Å². The fraction of sp³-hybridized carbons (Fsp3) is 0. The Kier molecular flexibility index (Phi) is 3.81. The van der Waals surface area contributed by atoms with Crippen LogP contribution in [-0.2, 0) is 4.57 Å². The maximum Gasteiger partial charge on any atom is 0.185 e. The molecule has 3 heterocycles. The Bertz CT molecular complexity index is 1830. The largest absolute Gasteiger partial charge is 0.456 e. The van der Waals surface area contributed by atoms with Gasteiger partial charge in [-0.15, -0.1) is 11.3 Å². The van der Waals surface area contributed by atoms with Crippen LogP contribution in [0, 0.1) is 0 Å². The van der Waals surface area contributed by atoms with Crippen LogP contribution in [0.2, 0.25) is 0 Å². The van der Waals surface area contributed by atoms with Gasteiger partial charge in [0, 0.05) is 20.2 Å². The van der Waals surface area contributed by atoms with Crippen LogP contribution in [0.25, 0.3) is 31.3 Å². The van der Waals surface area contributed by atoms with Crippen molar-refractivity contribution in [1.29, 1.82) is 0 Å². The SMILES string of the molecule is O=P12c3ccccc3Oc3cc(-c4ccc5c(c4)sc4ccccc45)cc(c31)Oc1ccccc12. The first-order valence-electron chi connectivity index (χ1n) is 11.5. The zero-order chi connectivity index (χ0) is 23.1. The lowest BCUT2D eigenvalue weighted by atomic mass is 10.0. The first-order valence-corrected chi connectivity index (χ1v) is 14.0. The second-order valence-corrected chi connectivity index (χ2v) is 12.6. The van der Waals surface area contributed by atoms with Crippen molar-refractivity contribution in [3.05, 3.63) is 103 Å². The molecule has 0 saturated heterocycles. The highest BCUT2D eigenvalue weighted by atomic mass is 32.1. The van der Waals surface area contributed by atoms with E-state index in [2.05, 4.69) is 42.5 Å². The summed E-state index contributed by atoms with van der Waals surface area (Å²) < 4.78 is 30.1.